The molecule has 0 aliphatic heterocycles. The minimum atomic E-state index is -1.84. The van der Waals surface area contributed by atoms with E-state index in [0.29, 0.717) is 0 Å². The van der Waals surface area contributed by atoms with Crippen molar-refractivity contribution in [2.75, 3.05) is 0 Å². The molecule has 108 valence electrons. The number of rotatable bonds is 5. The van der Waals surface area contributed by atoms with E-state index in [1.165, 1.54) is 27.7 Å². The van der Waals surface area contributed by atoms with E-state index in [0.717, 1.165) is 0 Å². The van der Waals surface area contributed by atoms with Crippen molar-refractivity contribution in [2.24, 2.45) is 11.8 Å². The van der Waals surface area contributed by atoms with E-state index in [1.54, 1.807) is 0 Å². The molecule has 0 heterocycles. The highest BCUT2D eigenvalue weighted by atomic mass is 16.6. The highest BCUT2D eigenvalue weighted by molar-refractivity contribution is 5.92. The smallest absolute Gasteiger partial charge is 0.343 e. The largest absolute Gasteiger partial charge is 0.393 e. The molecule has 0 spiro atoms. The Labute approximate surface area is 110 Å². The molecule has 0 saturated carbocycles. The van der Waals surface area contributed by atoms with Crippen LogP contribution in [0.2, 0.25) is 0 Å². The van der Waals surface area contributed by atoms with E-state index in [1.807, 2.05) is 0 Å². The second kappa shape index (κ2) is 7.63. The van der Waals surface area contributed by atoms with E-state index in [9.17, 15) is 24.3 Å². The normalized spacial score (nSPS) is 12.2. The van der Waals surface area contributed by atoms with Gasteiger partial charge in [-0.1, -0.05) is 27.7 Å². The van der Waals surface area contributed by atoms with Crippen LogP contribution in [0.5, 0.6) is 0 Å². The molecule has 0 saturated heterocycles. The van der Waals surface area contributed by atoms with Crippen LogP contribution in [0.1, 0.15) is 34.1 Å². The molecule has 7 heteroatoms. The Morgan fingerprint density at radius 1 is 0.842 bits per heavy atom. The van der Waals surface area contributed by atoms with Gasteiger partial charge in [-0.05, 0) is 0 Å². The molecule has 0 aliphatic carbocycles. The number of carbonyl (C=O) groups excluding carboxylic acids is 4. The fourth-order valence-electron chi connectivity index (χ4n) is 0.798. The third-order valence-corrected chi connectivity index (χ3v) is 1.99. The lowest BCUT2D eigenvalue weighted by atomic mass is 10.2. The Balaban J connectivity index is 4.26. The average Bonchev–Trinajstić information content (AvgIpc) is 2.27. The lowest BCUT2D eigenvalue weighted by Crippen LogP contribution is -2.31. The van der Waals surface area contributed by atoms with Crippen molar-refractivity contribution in [3.8, 4) is 0 Å². The molecule has 1 atom stereocenters. The van der Waals surface area contributed by atoms with Crippen molar-refractivity contribution in [1.82, 2.24) is 0 Å². The fourth-order valence-corrected chi connectivity index (χ4v) is 0.798. The quantitative estimate of drug-likeness (QED) is 0.563. The van der Waals surface area contributed by atoms with Crippen LogP contribution in [0.4, 0.5) is 0 Å². The first-order valence-corrected chi connectivity index (χ1v) is 5.83. The molecule has 1 unspecified atom stereocenters. The highest BCUT2D eigenvalue weighted by Crippen LogP contribution is 2.04. The Hall–Kier alpha value is -1.76. The molecular formula is C12H18O7. The van der Waals surface area contributed by atoms with E-state index < -0.39 is 48.2 Å². The summed E-state index contributed by atoms with van der Waals surface area (Å²) in [6.45, 7) is 6.08. The Morgan fingerprint density at radius 3 is 1.68 bits per heavy atom. The average molecular weight is 274 g/mol. The van der Waals surface area contributed by atoms with Crippen LogP contribution in [0.25, 0.3) is 0 Å². The van der Waals surface area contributed by atoms with Crippen molar-refractivity contribution < 1.29 is 33.8 Å². The number of carbonyl (C=O) groups is 4. The molecule has 0 aromatic rings. The molecule has 0 rings (SSSR count). The number of aliphatic hydroxyl groups excluding tert-OH is 1. The Kier molecular flexibility index (Phi) is 6.92. The van der Waals surface area contributed by atoms with Gasteiger partial charge < -0.3 is 14.6 Å². The fraction of sp³-hybridized carbons (Fsp3) is 0.667. The van der Waals surface area contributed by atoms with Gasteiger partial charge in [0.25, 0.3) is 0 Å². The van der Waals surface area contributed by atoms with Crippen LogP contribution in [-0.2, 0) is 28.7 Å². The predicted molar refractivity (Wildman–Crippen MR) is 62.5 cm³/mol. The van der Waals surface area contributed by atoms with Crippen LogP contribution in [0, 0.1) is 11.8 Å². The first kappa shape index (κ1) is 17.2. The van der Waals surface area contributed by atoms with Gasteiger partial charge >= 0.3 is 23.9 Å². The van der Waals surface area contributed by atoms with Gasteiger partial charge in [-0.2, -0.15) is 0 Å². The maximum absolute atomic E-state index is 11.2. The number of hydrogen-bond acceptors (Lipinski definition) is 7. The van der Waals surface area contributed by atoms with Crippen LogP contribution in [-0.4, -0.2) is 35.1 Å². The first-order chi connectivity index (χ1) is 8.65. The molecule has 7 nitrogen and oxygen atoms in total. The number of aliphatic hydroxyl groups is 1. The zero-order valence-electron chi connectivity index (χ0n) is 11.3. The second-order valence-corrected chi connectivity index (χ2v) is 4.56. The lowest BCUT2D eigenvalue weighted by Gasteiger charge is -2.10. The standard InChI is InChI=1S/C12H18O7/c1-6(2)10(15)18-9(14)5-8(13)12(17)19-11(16)7(3)4/h6-8,13H,5H2,1-4H3. The summed E-state index contributed by atoms with van der Waals surface area (Å²) in [4.78, 5) is 44.6. The monoisotopic (exact) mass is 274 g/mol. The maximum atomic E-state index is 11.2. The maximum Gasteiger partial charge on any atom is 0.343 e. The highest BCUT2D eigenvalue weighted by Gasteiger charge is 2.26. The second-order valence-electron chi connectivity index (χ2n) is 4.56. The topological polar surface area (TPSA) is 107 Å². The minimum absolute atomic E-state index is 0.504. The number of hydrogen-bond donors (Lipinski definition) is 1. The van der Waals surface area contributed by atoms with Gasteiger partial charge in [-0.25, -0.2) is 4.79 Å². The van der Waals surface area contributed by atoms with Gasteiger partial charge in [0, 0.05) is 0 Å². The van der Waals surface area contributed by atoms with Gasteiger partial charge in [0.2, 0.25) is 0 Å². The van der Waals surface area contributed by atoms with E-state index in [2.05, 4.69) is 9.47 Å². The molecule has 19 heavy (non-hydrogen) atoms. The van der Waals surface area contributed by atoms with E-state index in [-0.39, 0.29) is 0 Å². The van der Waals surface area contributed by atoms with Crippen LogP contribution < -0.4 is 0 Å². The zero-order valence-corrected chi connectivity index (χ0v) is 11.3. The SMILES string of the molecule is CC(C)C(=O)OC(=O)CC(O)C(=O)OC(=O)C(C)C. The van der Waals surface area contributed by atoms with Gasteiger partial charge in [0.15, 0.2) is 6.10 Å². The summed E-state index contributed by atoms with van der Waals surface area (Å²) in [6, 6.07) is 0. The molecule has 1 N–H and O–H groups in total. The van der Waals surface area contributed by atoms with Crippen molar-refractivity contribution >= 4 is 23.9 Å². The minimum Gasteiger partial charge on any atom is -0.393 e. The van der Waals surface area contributed by atoms with Crippen molar-refractivity contribution in [3.63, 3.8) is 0 Å². The van der Waals surface area contributed by atoms with Crippen molar-refractivity contribution in [2.45, 2.75) is 40.2 Å². The van der Waals surface area contributed by atoms with Crippen molar-refractivity contribution in [1.29, 1.82) is 0 Å². The van der Waals surface area contributed by atoms with Crippen LogP contribution in [0.15, 0.2) is 0 Å². The molecule has 0 aromatic carbocycles. The molecule has 0 fully saturated rings. The van der Waals surface area contributed by atoms with Crippen LogP contribution in [0.3, 0.4) is 0 Å². The van der Waals surface area contributed by atoms with E-state index in [4.69, 9.17) is 0 Å². The predicted octanol–water partition coefficient (Wildman–Crippen LogP) is 0.189. The zero-order chi connectivity index (χ0) is 15.2. The molecule has 0 amide bonds. The lowest BCUT2D eigenvalue weighted by molar-refractivity contribution is -0.173. The first-order valence-electron chi connectivity index (χ1n) is 5.83. The molecule has 0 aromatic heterocycles. The summed E-state index contributed by atoms with van der Waals surface area (Å²) in [5.74, 6) is -4.91. The van der Waals surface area contributed by atoms with Gasteiger partial charge in [-0.3, -0.25) is 14.4 Å². The third-order valence-electron chi connectivity index (χ3n) is 1.99. The number of ether oxygens (including phenoxy) is 2. The molecular weight excluding hydrogens is 256 g/mol. The van der Waals surface area contributed by atoms with Crippen molar-refractivity contribution in [3.05, 3.63) is 0 Å². The summed E-state index contributed by atoms with van der Waals surface area (Å²) < 4.78 is 8.66. The number of esters is 4. The molecule has 0 aliphatic rings. The Morgan fingerprint density at radius 2 is 1.26 bits per heavy atom. The molecule has 0 bridgehead atoms. The summed E-state index contributed by atoms with van der Waals surface area (Å²) in [7, 11) is 0. The Bertz CT molecular complexity index is 370. The van der Waals surface area contributed by atoms with Gasteiger partial charge in [0.05, 0.1) is 18.3 Å². The van der Waals surface area contributed by atoms with Gasteiger partial charge in [0.1, 0.15) is 0 Å². The van der Waals surface area contributed by atoms with Gasteiger partial charge in [-0.15, -0.1) is 0 Å². The van der Waals surface area contributed by atoms with Crippen LogP contribution >= 0.6 is 0 Å². The summed E-state index contributed by atoms with van der Waals surface area (Å²) in [6.07, 6.45) is -2.59. The third kappa shape index (κ3) is 6.66. The summed E-state index contributed by atoms with van der Waals surface area (Å²) in [5.41, 5.74) is 0. The molecule has 0 radical (unpaired) electrons. The summed E-state index contributed by atoms with van der Waals surface area (Å²) in [5, 5.41) is 9.33. The van der Waals surface area contributed by atoms with E-state index >= 15 is 0 Å². The summed E-state index contributed by atoms with van der Waals surface area (Å²) >= 11 is 0.